The molecule has 2 heterocycles. The summed E-state index contributed by atoms with van der Waals surface area (Å²) in [5.41, 5.74) is 3.19. The summed E-state index contributed by atoms with van der Waals surface area (Å²) < 4.78 is 7.62. The second kappa shape index (κ2) is 6.02. The molecule has 1 aliphatic rings. The molecule has 0 unspecified atom stereocenters. The Balaban J connectivity index is 1.57. The van der Waals surface area contributed by atoms with Crippen molar-refractivity contribution in [2.75, 3.05) is 5.32 Å². The predicted octanol–water partition coefficient (Wildman–Crippen LogP) is 4.04. The fourth-order valence-electron chi connectivity index (χ4n) is 2.86. The van der Waals surface area contributed by atoms with Crippen LogP contribution < -0.4 is 5.32 Å². The molecular weight excluding hydrogens is 314 g/mol. The maximum Gasteiger partial charge on any atom is 0.315 e. The Morgan fingerprint density at radius 2 is 1.92 bits per heavy atom. The Morgan fingerprint density at radius 1 is 1.16 bits per heavy atom. The van der Waals surface area contributed by atoms with E-state index in [2.05, 4.69) is 54.6 Å². The molecule has 0 spiro atoms. The molecule has 3 aromatic rings. The summed E-state index contributed by atoms with van der Waals surface area (Å²) in [6, 6.07) is 10.6. The van der Waals surface area contributed by atoms with Gasteiger partial charge in [-0.05, 0) is 25.0 Å². The molecule has 0 radical (unpaired) electrons. The Kier molecular flexibility index (Phi) is 3.82. The number of rotatable bonds is 5. The van der Waals surface area contributed by atoms with Gasteiger partial charge >= 0.3 is 6.01 Å². The van der Waals surface area contributed by atoms with Crippen molar-refractivity contribution in [3.05, 3.63) is 53.7 Å². The smallest absolute Gasteiger partial charge is 0.315 e. The van der Waals surface area contributed by atoms with Crippen molar-refractivity contribution in [2.45, 2.75) is 51.5 Å². The van der Waals surface area contributed by atoms with Crippen molar-refractivity contribution in [2.24, 2.45) is 0 Å². The third-order valence-electron chi connectivity index (χ3n) is 4.32. The minimum atomic E-state index is -0.0505. The SMILES string of the molecule is CC(C)(C)c1nn(-c2ccccc2)cc1CNc1nnc(C2CC2)o1. The zero-order valence-corrected chi connectivity index (χ0v) is 14.9. The Morgan fingerprint density at radius 3 is 2.60 bits per heavy atom. The van der Waals surface area contributed by atoms with Crippen LogP contribution in [0.4, 0.5) is 6.01 Å². The fourth-order valence-corrected chi connectivity index (χ4v) is 2.86. The van der Waals surface area contributed by atoms with E-state index in [1.165, 1.54) is 0 Å². The summed E-state index contributed by atoms with van der Waals surface area (Å²) in [5, 5.41) is 16.3. The number of nitrogens with one attached hydrogen (secondary N) is 1. The van der Waals surface area contributed by atoms with Gasteiger partial charge in [0.15, 0.2) is 0 Å². The van der Waals surface area contributed by atoms with Gasteiger partial charge in [0.2, 0.25) is 5.89 Å². The second-order valence-corrected chi connectivity index (χ2v) is 7.61. The van der Waals surface area contributed by atoms with Gasteiger partial charge in [-0.15, -0.1) is 5.10 Å². The average Bonchev–Trinajstić information content (AvgIpc) is 3.17. The zero-order chi connectivity index (χ0) is 17.4. The van der Waals surface area contributed by atoms with E-state index in [-0.39, 0.29) is 5.41 Å². The molecule has 1 N–H and O–H groups in total. The van der Waals surface area contributed by atoms with Crippen LogP contribution in [0.3, 0.4) is 0 Å². The first-order valence-electron chi connectivity index (χ1n) is 8.72. The third-order valence-corrected chi connectivity index (χ3v) is 4.32. The van der Waals surface area contributed by atoms with Crippen molar-refractivity contribution in [3.8, 4) is 5.69 Å². The van der Waals surface area contributed by atoms with Crippen molar-refractivity contribution in [1.82, 2.24) is 20.0 Å². The lowest BCUT2D eigenvalue weighted by Crippen LogP contribution is -2.16. The van der Waals surface area contributed by atoms with Crippen molar-refractivity contribution < 1.29 is 4.42 Å². The quantitative estimate of drug-likeness (QED) is 0.761. The normalized spacial score (nSPS) is 14.7. The van der Waals surface area contributed by atoms with Crippen LogP contribution >= 0.6 is 0 Å². The van der Waals surface area contributed by atoms with E-state index in [1.807, 2.05) is 22.9 Å². The number of anilines is 1. The van der Waals surface area contributed by atoms with Crippen LogP contribution in [0.2, 0.25) is 0 Å². The predicted molar refractivity (Wildman–Crippen MR) is 95.9 cm³/mol. The number of aromatic nitrogens is 4. The third kappa shape index (κ3) is 3.43. The summed E-state index contributed by atoms with van der Waals surface area (Å²) >= 11 is 0. The Labute approximate surface area is 147 Å². The van der Waals surface area contributed by atoms with Crippen LogP contribution in [0, 0.1) is 0 Å². The number of nitrogens with zero attached hydrogens (tertiary/aromatic N) is 4. The zero-order valence-electron chi connectivity index (χ0n) is 14.9. The number of hydrogen-bond donors (Lipinski definition) is 1. The highest BCUT2D eigenvalue weighted by atomic mass is 16.4. The minimum absolute atomic E-state index is 0.0505. The number of para-hydroxylation sites is 1. The maximum absolute atomic E-state index is 5.69. The lowest BCUT2D eigenvalue weighted by Gasteiger charge is -2.17. The van der Waals surface area contributed by atoms with Gasteiger partial charge in [0.05, 0.1) is 11.4 Å². The first-order chi connectivity index (χ1) is 12.0. The number of hydrogen-bond acceptors (Lipinski definition) is 5. The van der Waals surface area contributed by atoms with Gasteiger partial charge < -0.3 is 9.73 Å². The Bertz CT molecular complexity index is 856. The van der Waals surface area contributed by atoms with Crippen molar-refractivity contribution in [3.63, 3.8) is 0 Å². The van der Waals surface area contributed by atoms with Crippen LogP contribution in [0.25, 0.3) is 5.69 Å². The minimum Gasteiger partial charge on any atom is -0.408 e. The van der Waals surface area contributed by atoms with Gasteiger partial charge in [-0.25, -0.2) is 4.68 Å². The van der Waals surface area contributed by atoms with E-state index in [4.69, 9.17) is 9.52 Å². The van der Waals surface area contributed by atoms with Crippen LogP contribution in [0.1, 0.15) is 56.7 Å². The molecule has 0 atom stereocenters. The molecule has 130 valence electrons. The second-order valence-electron chi connectivity index (χ2n) is 7.61. The van der Waals surface area contributed by atoms with Crippen molar-refractivity contribution in [1.29, 1.82) is 0 Å². The summed E-state index contributed by atoms with van der Waals surface area (Å²) in [5.74, 6) is 1.22. The topological polar surface area (TPSA) is 68.8 Å². The van der Waals surface area contributed by atoms with Crippen LogP contribution in [-0.4, -0.2) is 20.0 Å². The monoisotopic (exact) mass is 337 g/mol. The van der Waals surface area contributed by atoms with Gasteiger partial charge in [0.25, 0.3) is 0 Å². The molecule has 0 amide bonds. The maximum atomic E-state index is 5.69. The van der Waals surface area contributed by atoms with Gasteiger partial charge in [0.1, 0.15) is 0 Å². The standard InChI is InChI=1S/C19H23N5O/c1-19(2,3)16-14(12-24(23-16)15-7-5-4-6-8-15)11-20-18-22-21-17(25-18)13-9-10-13/h4-8,12-13H,9-11H2,1-3H3,(H,20,22). The van der Waals surface area contributed by atoms with Gasteiger partial charge in [-0.1, -0.05) is 44.1 Å². The molecular formula is C19H23N5O. The molecule has 6 heteroatoms. The van der Waals surface area contributed by atoms with Gasteiger partial charge in [0, 0.05) is 29.6 Å². The van der Waals surface area contributed by atoms with Gasteiger partial charge in [-0.3, -0.25) is 0 Å². The number of benzene rings is 1. The summed E-state index contributed by atoms with van der Waals surface area (Å²) in [6.45, 7) is 7.12. The first kappa shape index (κ1) is 15.9. The first-order valence-corrected chi connectivity index (χ1v) is 8.72. The molecule has 0 aliphatic heterocycles. The van der Waals surface area contributed by atoms with E-state index in [1.54, 1.807) is 0 Å². The average molecular weight is 337 g/mol. The Hall–Kier alpha value is -2.63. The van der Waals surface area contributed by atoms with E-state index in [0.29, 0.717) is 18.5 Å². The van der Waals surface area contributed by atoms with Crippen LogP contribution in [-0.2, 0) is 12.0 Å². The molecule has 1 saturated carbocycles. The molecule has 2 aromatic heterocycles. The largest absolute Gasteiger partial charge is 0.408 e. The highest BCUT2D eigenvalue weighted by Crippen LogP contribution is 2.39. The molecule has 1 aromatic carbocycles. The van der Waals surface area contributed by atoms with E-state index in [9.17, 15) is 0 Å². The molecule has 1 aliphatic carbocycles. The highest BCUT2D eigenvalue weighted by molar-refractivity contribution is 5.36. The summed E-state index contributed by atoms with van der Waals surface area (Å²) in [4.78, 5) is 0. The molecule has 0 bridgehead atoms. The molecule has 25 heavy (non-hydrogen) atoms. The van der Waals surface area contributed by atoms with Crippen molar-refractivity contribution >= 4 is 6.01 Å². The highest BCUT2D eigenvalue weighted by Gasteiger charge is 2.29. The fraction of sp³-hybridized carbons (Fsp3) is 0.421. The summed E-state index contributed by atoms with van der Waals surface area (Å²) in [7, 11) is 0. The molecule has 4 rings (SSSR count). The lowest BCUT2D eigenvalue weighted by molar-refractivity contribution is 0.506. The van der Waals surface area contributed by atoms with E-state index in [0.717, 1.165) is 35.7 Å². The van der Waals surface area contributed by atoms with Gasteiger partial charge in [-0.2, -0.15) is 5.10 Å². The van der Waals surface area contributed by atoms with Crippen LogP contribution in [0.5, 0.6) is 0 Å². The molecule has 1 fully saturated rings. The molecule has 6 nitrogen and oxygen atoms in total. The van der Waals surface area contributed by atoms with E-state index >= 15 is 0 Å². The lowest BCUT2D eigenvalue weighted by atomic mass is 9.89. The van der Waals surface area contributed by atoms with E-state index < -0.39 is 0 Å². The molecule has 0 saturated heterocycles. The summed E-state index contributed by atoms with van der Waals surface area (Å²) in [6.07, 6.45) is 4.38. The van der Waals surface area contributed by atoms with Crippen LogP contribution in [0.15, 0.2) is 40.9 Å².